The molecule has 1 unspecified atom stereocenters. The monoisotopic (exact) mass is 264 g/mol. The number of nitrogens with zero attached hydrogens (tertiary/aromatic N) is 4. The van der Waals surface area contributed by atoms with Crippen LogP contribution in [-0.4, -0.2) is 14.6 Å². The largest absolute Gasteiger partial charge is 0.252 e. The van der Waals surface area contributed by atoms with E-state index in [4.69, 9.17) is 0 Å². The van der Waals surface area contributed by atoms with Crippen LogP contribution in [0.1, 0.15) is 6.92 Å². The van der Waals surface area contributed by atoms with E-state index < -0.39 is 0 Å². The fourth-order valence-electron chi connectivity index (χ4n) is 0.842. The van der Waals surface area contributed by atoms with Crippen LogP contribution in [0.4, 0.5) is 0 Å². The van der Waals surface area contributed by atoms with E-state index in [0.29, 0.717) is 0 Å². The summed E-state index contributed by atoms with van der Waals surface area (Å²) < 4.78 is 6.34. The lowest BCUT2D eigenvalue weighted by atomic mass is 10.6. The minimum atomic E-state index is -0.331. The van der Waals surface area contributed by atoms with Crippen molar-refractivity contribution in [1.82, 2.24) is 4.52 Å². The maximum Gasteiger partial charge on any atom is 0.154 e. The Morgan fingerprint density at radius 1 is 1.67 bits per heavy atom. The van der Waals surface area contributed by atoms with Crippen LogP contribution in [0.15, 0.2) is 25.2 Å². The van der Waals surface area contributed by atoms with E-state index in [2.05, 4.69) is 43.3 Å². The van der Waals surface area contributed by atoms with E-state index in [0.717, 1.165) is 14.6 Å². The Hall–Kier alpha value is -0.140. The average Bonchev–Trinajstić information content (AvgIpc) is 2.41. The lowest BCUT2D eigenvalue weighted by Crippen LogP contribution is -2.14. The van der Waals surface area contributed by atoms with E-state index in [-0.39, 0.29) is 10.7 Å². The van der Waals surface area contributed by atoms with Gasteiger partial charge in [-0.1, -0.05) is 0 Å². The smallest absolute Gasteiger partial charge is 0.154 e. The van der Waals surface area contributed by atoms with Gasteiger partial charge in [0.05, 0.1) is 9.53 Å². The van der Waals surface area contributed by atoms with Crippen molar-refractivity contribution in [3.8, 4) is 0 Å². The number of hydrogen-bond donors (Lipinski definition) is 1. The lowest BCUT2D eigenvalue weighted by molar-refractivity contribution is 0.570. The van der Waals surface area contributed by atoms with Crippen LogP contribution >= 0.6 is 28.7 Å². The summed E-state index contributed by atoms with van der Waals surface area (Å²) >= 11 is 7.37. The number of fused-ring (bicyclic) bond motifs is 1. The quantitative estimate of drug-likeness (QED) is 0.667. The molecule has 7 heteroatoms. The molecule has 0 radical (unpaired) electrons. The highest BCUT2D eigenvalue weighted by Gasteiger charge is 2.24. The van der Waals surface area contributed by atoms with Crippen LogP contribution < -0.4 is 0 Å². The minimum Gasteiger partial charge on any atom is -0.252 e. The van der Waals surface area contributed by atoms with Crippen LogP contribution in [0, 0.1) is 0 Å². The molecule has 0 aromatic rings. The summed E-state index contributed by atoms with van der Waals surface area (Å²) in [6.07, 6.45) is 1.74. The molecule has 0 amide bonds. The maximum atomic E-state index is 4.17. The first kappa shape index (κ1) is 8.46. The number of aliphatic imine (C=N–C) groups is 1. The van der Waals surface area contributed by atoms with Gasteiger partial charge < -0.3 is 0 Å². The van der Waals surface area contributed by atoms with Crippen LogP contribution in [0.3, 0.4) is 0 Å². The van der Waals surface area contributed by atoms with Crippen molar-refractivity contribution >= 4 is 49.5 Å². The minimum absolute atomic E-state index is 0.331. The Kier molecular flexibility index (Phi) is 2.09. The predicted molar refractivity (Wildman–Crippen MR) is 58.2 cm³/mol. The number of rotatable bonds is 0. The predicted octanol–water partition coefficient (Wildman–Crippen LogP) is 1.85. The second-order valence-electron chi connectivity index (χ2n) is 2.16. The Labute approximate surface area is 86.2 Å². The van der Waals surface area contributed by atoms with Crippen molar-refractivity contribution in [2.75, 3.05) is 0 Å². The van der Waals surface area contributed by atoms with E-state index in [1.807, 2.05) is 6.92 Å². The summed E-state index contributed by atoms with van der Waals surface area (Å²) in [7, 11) is -0.331. The van der Waals surface area contributed by atoms with Gasteiger partial charge in [-0.05, 0) is 35.7 Å². The van der Waals surface area contributed by atoms with Gasteiger partial charge in [0.1, 0.15) is 0 Å². The zero-order valence-electron chi connectivity index (χ0n) is 6.10. The number of halogens is 1. The third kappa shape index (κ3) is 1.25. The Morgan fingerprint density at radius 3 is 3.08 bits per heavy atom. The Balaban J connectivity index is 2.54. The van der Waals surface area contributed by atoms with Crippen LogP contribution in [-0.2, 0) is 10.7 Å². The molecule has 2 rings (SSSR count). The lowest BCUT2D eigenvalue weighted by Gasteiger charge is -2.06. The van der Waals surface area contributed by atoms with Crippen molar-refractivity contribution in [3.05, 3.63) is 10.7 Å². The highest BCUT2D eigenvalue weighted by Crippen LogP contribution is 2.24. The molecule has 0 aromatic carbocycles. The first-order chi connectivity index (χ1) is 5.68. The molecule has 2 heterocycles. The van der Waals surface area contributed by atoms with Gasteiger partial charge in [0.2, 0.25) is 0 Å². The van der Waals surface area contributed by atoms with E-state index in [1.165, 1.54) is 4.52 Å². The molecule has 0 spiro atoms. The number of hydrogen-bond acceptors (Lipinski definition) is 5. The van der Waals surface area contributed by atoms with Gasteiger partial charge in [-0.15, -0.1) is 14.1 Å². The average molecular weight is 265 g/mol. The normalized spacial score (nSPS) is 27.1. The zero-order chi connectivity index (χ0) is 8.72. The molecule has 0 bridgehead atoms. The highest BCUT2D eigenvalue weighted by atomic mass is 79.9. The summed E-state index contributed by atoms with van der Waals surface area (Å²) in [5.41, 5.74) is 0. The standard InChI is InChI=1S/C5H5BrN4S2/c1-3-7-2-4(6)5-8-10(11)9-12(3)5/h2,11H,1H3. The Morgan fingerprint density at radius 2 is 2.42 bits per heavy atom. The van der Waals surface area contributed by atoms with Gasteiger partial charge in [0.25, 0.3) is 0 Å². The summed E-state index contributed by atoms with van der Waals surface area (Å²) in [6, 6.07) is 0. The van der Waals surface area contributed by atoms with Gasteiger partial charge in [0, 0.05) is 16.9 Å². The molecule has 1 atom stereocenters. The maximum absolute atomic E-state index is 4.17. The molecule has 4 nitrogen and oxygen atoms in total. The van der Waals surface area contributed by atoms with Gasteiger partial charge >= 0.3 is 0 Å². The fourth-order valence-corrected chi connectivity index (χ4v) is 3.05. The second kappa shape index (κ2) is 2.97. The van der Waals surface area contributed by atoms with E-state index >= 15 is 0 Å². The third-order valence-electron chi connectivity index (χ3n) is 1.36. The molecule has 0 fully saturated rings. The molecule has 12 heavy (non-hydrogen) atoms. The summed E-state index contributed by atoms with van der Waals surface area (Å²) in [6.45, 7) is 1.94. The molecule has 0 N–H and O–H groups in total. The summed E-state index contributed by atoms with van der Waals surface area (Å²) in [4.78, 5) is 4.17. The first-order valence-electron chi connectivity index (χ1n) is 3.12. The van der Waals surface area contributed by atoms with Crippen molar-refractivity contribution in [1.29, 1.82) is 0 Å². The molecule has 0 saturated carbocycles. The molecular weight excluding hydrogens is 260 g/mol. The molecule has 64 valence electrons. The number of thiol groups is 1. The van der Waals surface area contributed by atoms with Crippen LogP contribution in [0.5, 0.6) is 0 Å². The SMILES string of the molecule is CC1=NC=C(Br)C2=NN(S)N=S12. The molecule has 0 aliphatic carbocycles. The molecule has 0 saturated heterocycles. The first-order valence-corrected chi connectivity index (χ1v) is 5.50. The van der Waals surface area contributed by atoms with Crippen LogP contribution in [0.2, 0.25) is 0 Å². The van der Waals surface area contributed by atoms with Crippen molar-refractivity contribution in [2.45, 2.75) is 6.92 Å². The van der Waals surface area contributed by atoms with Gasteiger partial charge in [-0.25, -0.2) is 0 Å². The molecular formula is C5H5BrN4S2. The summed E-state index contributed by atoms with van der Waals surface area (Å²) in [5, 5.41) is 5.97. The van der Waals surface area contributed by atoms with Crippen molar-refractivity contribution in [2.24, 2.45) is 14.6 Å². The van der Waals surface area contributed by atoms with Gasteiger partial charge in [0.15, 0.2) is 5.04 Å². The highest BCUT2D eigenvalue weighted by molar-refractivity contribution is 9.12. The van der Waals surface area contributed by atoms with Crippen molar-refractivity contribution < 1.29 is 0 Å². The molecule has 0 aromatic heterocycles. The fraction of sp³-hybridized carbons (Fsp3) is 0.200. The van der Waals surface area contributed by atoms with Gasteiger partial charge in [-0.3, -0.25) is 4.99 Å². The number of hydrazone groups is 1. The second-order valence-corrected chi connectivity index (χ2v) is 5.09. The van der Waals surface area contributed by atoms with E-state index in [9.17, 15) is 0 Å². The topological polar surface area (TPSA) is 40.3 Å². The molecule has 2 aliphatic rings. The van der Waals surface area contributed by atoms with E-state index in [1.54, 1.807) is 6.20 Å². The van der Waals surface area contributed by atoms with Crippen molar-refractivity contribution in [3.63, 3.8) is 0 Å². The zero-order valence-corrected chi connectivity index (χ0v) is 9.40. The van der Waals surface area contributed by atoms with Crippen LogP contribution in [0.25, 0.3) is 0 Å². The Bertz CT molecular complexity index is 322. The van der Waals surface area contributed by atoms with Gasteiger partial charge in [-0.2, -0.15) is 0 Å². The summed E-state index contributed by atoms with van der Waals surface area (Å²) in [5.74, 6) is 0. The molecule has 2 aliphatic heterocycles. The third-order valence-corrected chi connectivity index (χ3v) is 4.16.